The van der Waals surface area contributed by atoms with Gasteiger partial charge in [-0.25, -0.2) is 0 Å². The zero-order valence-corrected chi connectivity index (χ0v) is 16.2. The van der Waals surface area contributed by atoms with E-state index in [2.05, 4.69) is 16.2 Å². The largest absolute Gasteiger partial charge is 0.464 e. The van der Waals surface area contributed by atoms with Crippen LogP contribution in [0.25, 0.3) is 21.7 Å². The van der Waals surface area contributed by atoms with Gasteiger partial charge in [0, 0.05) is 21.7 Å². The van der Waals surface area contributed by atoms with E-state index in [1.807, 2.05) is 36.4 Å². The fourth-order valence-corrected chi connectivity index (χ4v) is 3.34. The number of carbonyl (C=O) groups is 1. The first kappa shape index (κ1) is 18.3. The second kappa shape index (κ2) is 7.88. The number of halogens is 1. The molecule has 0 bridgehead atoms. The van der Waals surface area contributed by atoms with E-state index in [1.54, 1.807) is 30.5 Å². The van der Waals surface area contributed by atoms with Crippen LogP contribution in [-0.4, -0.2) is 11.0 Å². The molecule has 0 radical (unpaired) electrons. The van der Waals surface area contributed by atoms with Crippen LogP contribution in [0.2, 0.25) is 5.02 Å². The fraction of sp³-hybridized carbons (Fsp3) is 0.0476. The molecular formula is C21H16ClN3O2S. The van der Waals surface area contributed by atoms with E-state index < -0.39 is 0 Å². The van der Waals surface area contributed by atoms with Crippen LogP contribution in [0.15, 0.2) is 71.3 Å². The number of hydrogen-bond acceptors (Lipinski definition) is 3. The standard InChI is InChI=1S/C21H16ClN3O2S/c22-15-6-8-16(9-7-15)23-21(28)25-24-19(26)11-14-12-27-18-10-5-13-3-1-2-4-17(13)20(14)18/h1-10,12H,11H2,(H,24,26)(H2,23,25,28). The molecule has 1 amide bonds. The molecular weight excluding hydrogens is 394 g/mol. The smallest absolute Gasteiger partial charge is 0.242 e. The number of amides is 1. The van der Waals surface area contributed by atoms with Crippen molar-refractivity contribution in [1.29, 1.82) is 0 Å². The highest BCUT2D eigenvalue weighted by molar-refractivity contribution is 7.80. The summed E-state index contributed by atoms with van der Waals surface area (Å²) in [6, 6.07) is 19.0. The lowest BCUT2D eigenvalue weighted by molar-refractivity contribution is -0.120. The molecule has 0 spiro atoms. The first-order valence-electron chi connectivity index (χ1n) is 8.59. The molecule has 0 aliphatic rings. The molecule has 0 aliphatic heterocycles. The van der Waals surface area contributed by atoms with Crippen molar-refractivity contribution in [2.24, 2.45) is 0 Å². The van der Waals surface area contributed by atoms with Gasteiger partial charge >= 0.3 is 0 Å². The highest BCUT2D eigenvalue weighted by Crippen LogP contribution is 2.30. The van der Waals surface area contributed by atoms with Crippen LogP contribution in [0.4, 0.5) is 5.69 Å². The van der Waals surface area contributed by atoms with Gasteiger partial charge in [-0.2, -0.15) is 0 Å². The summed E-state index contributed by atoms with van der Waals surface area (Å²) in [6.07, 6.45) is 1.79. The Balaban J connectivity index is 1.42. The number of hydrazine groups is 1. The first-order valence-corrected chi connectivity index (χ1v) is 9.38. The summed E-state index contributed by atoms with van der Waals surface area (Å²) in [5, 5.41) is 6.99. The van der Waals surface area contributed by atoms with Crippen molar-refractivity contribution in [3.05, 3.63) is 77.5 Å². The molecule has 28 heavy (non-hydrogen) atoms. The number of furan rings is 1. The molecule has 0 atom stereocenters. The number of hydrogen-bond donors (Lipinski definition) is 3. The molecule has 4 rings (SSSR count). The minimum atomic E-state index is -0.226. The van der Waals surface area contributed by atoms with Crippen molar-refractivity contribution in [1.82, 2.24) is 10.9 Å². The second-order valence-corrected chi connectivity index (χ2v) is 7.08. The topological polar surface area (TPSA) is 66.3 Å². The molecule has 0 fully saturated rings. The van der Waals surface area contributed by atoms with E-state index in [1.165, 1.54) is 0 Å². The van der Waals surface area contributed by atoms with E-state index in [0.717, 1.165) is 33.0 Å². The van der Waals surface area contributed by atoms with E-state index in [0.29, 0.717) is 5.02 Å². The minimum Gasteiger partial charge on any atom is -0.464 e. The number of carbonyl (C=O) groups excluding carboxylic acids is 1. The van der Waals surface area contributed by atoms with E-state index in [4.69, 9.17) is 28.2 Å². The molecule has 4 aromatic rings. The third-order valence-corrected chi connectivity index (χ3v) is 4.76. The van der Waals surface area contributed by atoms with Crippen LogP contribution in [0.5, 0.6) is 0 Å². The lowest BCUT2D eigenvalue weighted by Crippen LogP contribution is -2.44. The van der Waals surface area contributed by atoms with Gasteiger partial charge in [0.05, 0.1) is 12.7 Å². The zero-order valence-electron chi connectivity index (χ0n) is 14.7. The van der Waals surface area contributed by atoms with Gasteiger partial charge in [0.25, 0.3) is 0 Å². The minimum absolute atomic E-state index is 0.164. The molecule has 5 nitrogen and oxygen atoms in total. The van der Waals surface area contributed by atoms with Crippen LogP contribution >= 0.6 is 23.8 Å². The molecule has 7 heteroatoms. The summed E-state index contributed by atoms with van der Waals surface area (Å²) in [5.74, 6) is -0.226. The summed E-state index contributed by atoms with van der Waals surface area (Å²) < 4.78 is 5.62. The Kier molecular flexibility index (Phi) is 5.14. The van der Waals surface area contributed by atoms with E-state index >= 15 is 0 Å². The van der Waals surface area contributed by atoms with Crippen LogP contribution < -0.4 is 16.2 Å². The van der Waals surface area contributed by atoms with Gasteiger partial charge in [0.1, 0.15) is 5.58 Å². The molecule has 3 N–H and O–H groups in total. The van der Waals surface area contributed by atoms with Crippen molar-refractivity contribution in [3.8, 4) is 0 Å². The molecule has 140 valence electrons. The highest BCUT2D eigenvalue weighted by Gasteiger charge is 2.13. The number of fused-ring (bicyclic) bond motifs is 3. The molecule has 0 saturated carbocycles. The van der Waals surface area contributed by atoms with Crippen LogP contribution in [0.1, 0.15) is 5.56 Å². The number of anilines is 1. The quantitative estimate of drug-likeness (QED) is 0.335. The molecule has 1 heterocycles. The molecule has 1 aromatic heterocycles. The third kappa shape index (κ3) is 3.93. The van der Waals surface area contributed by atoms with Gasteiger partial charge in [-0.1, -0.05) is 41.9 Å². The predicted octanol–water partition coefficient (Wildman–Crippen LogP) is 4.80. The summed E-state index contributed by atoms with van der Waals surface area (Å²) in [7, 11) is 0. The molecule has 0 unspecified atom stereocenters. The summed E-state index contributed by atoms with van der Waals surface area (Å²) in [4.78, 5) is 12.4. The van der Waals surface area contributed by atoms with Gasteiger partial charge in [0.2, 0.25) is 5.91 Å². The van der Waals surface area contributed by atoms with Gasteiger partial charge in [-0.15, -0.1) is 0 Å². The number of nitrogens with one attached hydrogen (secondary N) is 3. The van der Waals surface area contributed by atoms with Crippen molar-refractivity contribution < 1.29 is 9.21 Å². The Morgan fingerprint density at radius 1 is 1.00 bits per heavy atom. The average Bonchev–Trinajstić information content (AvgIpc) is 3.11. The predicted molar refractivity (Wildman–Crippen MR) is 116 cm³/mol. The zero-order chi connectivity index (χ0) is 19.5. The highest BCUT2D eigenvalue weighted by atomic mass is 35.5. The summed E-state index contributed by atoms with van der Waals surface area (Å²) in [6.45, 7) is 0. The van der Waals surface area contributed by atoms with Crippen LogP contribution in [0.3, 0.4) is 0 Å². The Morgan fingerprint density at radius 2 is 1.79 bits per heavy atom. The summed E-state index contributed by atoms with van der Waals surface area (Å²) in [5.41, 5.74) is 7.65. The maximum absolute atomic E-state index is 12.4. The molecule has 3 aromatic carbocycles. The van der Waals surface area contributed by atoms with Gasteiger partial charge in [-0.3, -0.25) is 15.6 Å². The van der Waals surface area contributed by atoms with E-state index in [9.17, 15) is 4.79 Å². The maximum atomic E-state index is 12.4. The van der Waals surface area contributed by atoms with Gasteiger partial charge in [0.15, 0.2) is 5.11 Å². The second-order valence-electron chi connectivity index (χ2n) is 6.23. The van der Waals surface area contributed by atoms with E-state index in [-0.39, 0.29) is 17.4 Å². The average molecular weight is 410 g/mol. The number of rotatable bonds is 3. The maximum Gasteiger partial charge on any atom is 0.242 e. The van der Waals surface area contributed by atoms with Crippen molar-refractivity contribution in [2.45, 2.75) is 6.42 Å². The Hall–Kier alpha value is -3.09. The lowest BCUT2D eigenvalue weighted by atomic mass is 10.0. The first-order chi connectivity index (χ1) is 13.6. The lowest BCUT2D eigenvalue weighted by Gasteiger charge is -2.11. The van der Waals surface area contributed by atoms with Gasteiger partial charge < -0.3 is 9.73 Å². The number of thiocarbonyl (C=S) groups is 1. The van der Waals surface area contributed by atoms with Crippen LogP contribution in [0, 0.1) is 0 Å². The third-order valence-electron chi connectivity index (χ3n) is 4.31. The SMILES string of the molecule is O=C(Cc1coc2ccc3ccccc3c12)NNC(=S)Nc1ccc(Cl)cc1. The number of benzene rings is 3. The van der Waals surface area contributed by atoms with Crippen molar-refractivity contribution >= 4 is 62.3 Å². The molecule has 0 aliphatic carbocycles. The monoisotopic (exact) mass is 409 g/mol. The Bertz CT molecular complexity index is 1170. The summed E-state index contributed by atoms with van der Waals surface area (Å²) >= 11 is 11.0. The van der Waals surface area contributed by atoms with Crippen molar-refractivity contribution in [2.75, 3.05) is 5.32 Å². The van der Waals surface area contributed by atoms with Gasteiger partial charge in [-0.05, 0) is 53.3 Å². The van der Waals surface area contributed by atoms with Crippen LogP contribution in [-0.2, 0) is 11.2 Å². The molecule has 0 saturated heterocycles. The Morgan fingerprint density at radius 3 is 2.61 bits per heavy atom. The fourth-order valence-electron chi connectivity index (χ4n) is 3.04. The normalized spacial score (nSPS) is 10.8. The Labute approximate surface area is 171 Å². The van der Waals surface area contributed by atoms with Crippen molar-refractivity contribution in [3.63, 3.8) is 0 Å².